The van der Waals surface area contributed by atoms with Gasteiger partial charge in [0.2, 0.25) is 5.91 Å². The number of nitrogens with zero attached hydrogens (tertiary/aromatic N) is 1. The predicted molar refractivity (Wildman–Crippen MR) is 102 cm³/mol. The van der Waals surface area contributed by atoms with Crippen LogP contribution in [0.15, 0.2) is 47.4 Å². The average molecular weight is 372 g/mol. The van der Waals surface area contributed by atoms with Crippen molar-refractivity contribution in [1.29, 1.82) is 0 Å². The lowest BCUT2D eigenvalue weighted by molar-refractivity contribution is -0.121. The van der Waals surface area contributed by atoms with Crippen LogP contribution >= 0.6 is 11.8 Å². The van der Waals surface area contributed by atoms with E-state index in [1.54, 1.807) is 30.0 Å². The van der Waals surface area contributed by atoms with Gasteiger partial charge in [-0.15, -0.1) is 11.8 Å². The Morgan fingerprint density at radius 1 is 1.08 bits per heavy atom. The highest BCUT2D eigenvalue weighted by atomic mass is 32.2. The van der Waals surface area contributed by atoms with Gasteiger partial charge in [-0.25, -0.2) is 4.90 Å². The number of benzene rings is 2. The van der Waals surface area contributed by atoms with E-state index in [4.69, 9.17) is 9.47 Å². The van der Waals surface area contributed by atoms with E-state index in [-0.39, 0.29) is 18.2 Å². The second kappa shape index (κ2) is 7.70. The Hall–Kier alpha value is -2.67. The number of amides is 2. The van der Waals surface area contributed by atoms with Crippen molar-refractivity contribution in [3.05, 3.63) is 42.5 Å². The molecule has 2 aromatic carbocycles. The molecule has 0 spiro atoms. The highest BCUT2D eigenvalue weighted by molar-refractivity contribution is 7.98. The largest absolute Gasteiger partial charge is 0.493 e. The van der Waals surface area contributed by atoms with Crippen LogP contribution < -0.4 is 19.7 Å². The fraction of sp³-hybridized carbons (Fsp3) is 0.263. The zero-order chi connectivity index (χ0) is 18.7. The van der Waals surface area contributed by atoms with Crippen molar-refractivity contribution < 1.29 is 19.1 Å². The van der Waals surface area contributed by atoms with Gasteiger partial charge in [0, 0.05) is 16.6 Å². The fourth-order valence-electron chi connectivity index (χ4n) is 2.89. The number of nitrogens with one attached hydrogen (secondary N) is 1. The lowest BCUT2D eigenvalue weighted by Gasteiger charge is -2.18. The molecule has 1 aliphatic rings. The van der Waals surface area contributed by atoms with Gasteiger partial charge in [-0.05, 0) is 36.6 Å². The van der Waals surface area contributed by atoms with E-state index < -0.39 is 6.04 Å². The summed E-state index contributed by atoms with van der Waals surface area (Å²) in [4.78, 5) is 27.5. The van der Waals surface area contributed by atoms with Crippen LogP contribution in [0.3, 0.4) is 0 Å². The van der Waals surface area contributed by atoms with Crippen LogP contribution in [0, 0.1) is 0 Å². The predicted octanol–water partition coefficient (Wildman–Crippen LogP) is 3.17. The smallest absolute Gasteiger partial charge is 0.256 e. The van der Waals surface area contributed by atoms with Crippen molar-refractivity contribution >= 4 is 35.0 Å². The molecule has 0 unspecified atom stereocenters. The third-order valence-corrected chi connectivity index (χ3v) is 4.91. The quantitative estimate of drug-likeness (QED) is 0.621. The summed E-state index contributed by atoms with van der Waals surface area (Å²) in [5.41, 5.74) is 1.29. The van der Waals surface area contributed by atoms with Crippen molar-refractivity contribution in [2.45, 2.75) is 17.4 Å². The first-order valence-electron chi connectivity index (χ1n) is 8.06. The number of ether oxygens (including phenoxy) is 2. The lowest BCUT2D eigenvalue weighted by Crippen LogP contribution is -2.34. The molecule has 0 aromatic heterocycles. The second-order valence-electron chi connectivity index (χ2n) is 5.74. The molecule has 1 aliphatic heterocycles. The van der Waals surface area contributed by atoms with Crippen LogP contribution in [0.4, 0.5) is 11.4 Å². The highest BCUT2D eigenvalue weighted by Gasteiger charge is 2.39. The van der Waals surface area contributed by atoms with E-state index in [2.05, 4.69) is 5.32 Å². The summed E-state index contributed by atoms with van der Waals surface area (Å²) in [7, 11) is 3.05. The molecule has 3 rings (SSSR count). The minimum atomic E-state index is -0.590. The molecule has 1 atom stereocenters. The van der Waals surface area contributed by atoms with E-state index in [1.807, 2.05) is 30.5 Å². The third-order valence-electron chi connectivity index (χ3n) is 4.18. The van der Waals surface area contributed by atoms with Crippen molar-refractivity contribution in [3.8, 4) is 11.5 Å². The number of rotatable bonds is 6. The number of carbonyl (C=O) groups is 2. The molecule has 2 aromatic rings. The molecule has 1 heterocycles. The van der Waals surface area contributed by atoms with Gasteiger partial charge < -0.3 is 14.8 Å². The monoisotopic (exact) mass is 372 g/mol. The van der Waals surface area contributed by atoms with E-state index in [0.29, 0.717) is 17.2 Å². The molecule has 1 fully saturated rings. The van der Waals surface area contributed by atoms with Crippen LogP contribution in [0.2, 0.25) is 0 Å². The molecule has 0 radical (unpaired) electrons. The molecule has 6 nitrogen and oxygen atoms in total. The first-order valence-corrected chi connectivity index (χ1v) is 9.29. The zero-order valence-electron chi connectivity index (χ0n) is 14.8. The molecule has 1 saturated heterocycles. The molecule has 7 heteroatoms. The normalized spacial score (nSPS) is 16.7. The van der Waals surface area contributed by atoms with Gasteiger partial charge in [0.05, 0.1) is 26.3 Å². The van der Waals surface area contributed by atoms with Gasteiger partial charge >= 0.3 is 0 Å². The van der Waals surface area contributed by atoms with Gasteiger partial charge in [0.1, 0.15) is 6.04 Å². The molecule has 0 saturated carbocycles. The van der Waals surface area contributed by atoms with Crippen LogP contribution in [0.1, 0.15) is 6.42 Å². The van der Waals surface area contributed by atoms with Crippen molar-refractivity contribution in [1.82, 2.24) is 0 Å². The molecular weight excluding hydrogens is 352 g/mol. The molecule has 1 N–H and O–H groups in total. The first-order chi connectivity index (χ1) is 12.6. The van der Waals surface area contributed by atoms with Crippen LogP contribution in [-0.4, -0.2) is 38.3 Å². The number of imide groups is 1. The van der Waals surface area contributed by atoms with Gasteiger partial charge in [-0.2, -0.15) is 0 Å². The Morgan fingerprint density at radius 3 is 2.54 bits per heavy atom. The van der Waals surface area contributed by atoms with Gasteiger partial charge in [0.25, 0.3) is 5.91 Å². The minimum absolute atomic E-state index is 0.108. The molecule has 2 amide bonds. The standard InChI is InChI=1S/C19H20N2O4S/c1-24-16-8-7-13(10-17(16)25-2)21-18(22)11-15(19(21)23)20-12-5-4-6-14(9-12)26-3/h4-10,15,20H,11H2,1-3H3/t15-/m1/s1. The fourth-order valence-corrected chi connectivity index (χ4v) is 3.35. The zero-order valence-corrected chi connectivity index (χ0v) is 15.6. The average Bonchev–Trinajstić information content (AvgIpc) is 2.94. The Labute approximate surface area is 156 Å². The summed E-state index contributed by atoms with van der Waals surface area (Å²) in [5, 5.41) is 3.17. The SMILES string of the molecule is COc1ccc(N2C(=O)C[C@@H](Nc3cccc(SC)c3)C2=O)cc1OC. The summed E-state index contributed by atoms with van der Waals surface area (Å²) in [6.07, 6.45) is 2.10. The highest BCUT2D eigenvalue weighted by Crippen LogP contribution is 2.34. The summed E-state index contributed by atoms with van der Waals surface area (Å²) in [6.45, 7) is 0. The van der Waals surface area contributed by atoms with E-state index in [0.717, 1.165) is 10.6 Å². The van der Waals surface area contributed by atoms with E-state index in [9.17, 15) is 9.59 Å². The number of methoxy groups -OCH3 is 2. The Balaban J connectivity index is 1.82. The Morgan fingerprint density at radius 2 is 1.85 bits per heavy atom. The Bertz CT molecular complexity index is 840. The maximum absolute atomic E-state index is 12.8. The molecule has 0 bridgehead atoms. The van der Waals surface area contributed by atoms with Gasteiger partial charge in [0.15, 0.2) is 11.5 Å². The number of thioether (sulfide) groups is 1. The maximum atomic E-state index is 12.8. The first kappa shape index (κ1) is 18.1. The lowest BCUT2D eigenvalue weighted by atomic mass is 10.2. The van der Waals surface area contributed by atoms with E-state index in [1.165, 1.54) is 19.1 Å². The third kappa shape index (κ3) is 3.48. The van der Waals surface area contributed by atoms with Crippen molar-refractivity contribution in [2.24, 2.45) is 0 Å². The molecule has 26 heavy (non-hydrogen) atoms. The number of hydrogen-bond acceptors (Lipinski definition) is 6. The van der Waals surface area contributed by atoms with E-state index >= 15 is 0 Å². The summed E-state index contributed by atoms with van der Waals surface area (Å²) >= 11 is 1.62. The number of anilines is 2. The number of hydrogen-bond donors (Lipinski definition) is 1. The van der Waals surface area contributed by atoms with Gasteiger partial charge in [-0.1, -0.05) is 6.07 Å². The summed E-state index contributed by atoms with van der Waals surface area (Å²) in [5.74, 6) is 0.478. The van der Waals surface area contributed by atoms with Gasteiger partial charge in [-0.3, -0.25) is 9.59 Å². The van der Waals surface area contributed by atoms with Crippen molar-refractivity contribution in [2.75, 3.05) is 30.7 Å². The van der Waals surface area contributed by atoms with Crippen LogP contribution in [0.25, 0.3) is 0 Å². The maximum Gasteiger partial charge on any atom is 0.256 e. The Kier molecular flexibility index (Phi) is 5.37. The molecule has 136 valence electrons. The van der Waals surface area contributed by atoms with Crippen LogP contribution in [0.5, 0.6) is 11.5 Å². The molecule has 0 aliphatic carbocycles. The molecular formula is C19H20N2O4S. The topological polar surface area (TPSA) is 67.9 Å². The summed E-state index contributed by atoms with van der Waals surface area (Å²) in [6, 6.07) is 12.1. The van der Waals surface area contributed by atoms with Crippen LogP contribution in [-0.2, 0) is 9.59 Å². The summed E-state index contributed by atoms with van der Waals surface area (Å²) < 4.78 is 10.5. The van der Waals surface area contributed by atoms with Crippen molar-refractivity contribution in [3.63, 3.8) is 0 Å². The number of carbonyl (C=O) groups excluding carboxylic acids is 2. The minimum Gasteiger partial charge on any atom is -0.493 e. The second-order valence-corrected chi connectivity index (χ2v) is 6.62.